The average Bonchev–Trinajstić information content (AvgIpc) is 3.46. The second-order valence-corrected chi connectivity index (χ2v) is 10.7. The predicted molar refractivity (Wildman–Crippen MR) is 127 cm³/mol. The Labute approximate surface area is 198 Å². The summed E-state index contributed by atoms with van der Waals surface area (Å²) >= 11 is 1.60. The molecule has 1 atom stereocenters. The SMILES string of the molecule is Cc1ccc2c(c1)C(NC(=O)C1CCN(Cc3nc(-c4cccs4)no3)CC1)CC(C)(C)O2. The van der Waals surface area contributed by atoms with Gasteiger partial charge in [0.05, 0.1) is 17.5 Å². The molecule has 3 aromatic rings. The van der Waals surface area contributed by atoms with E-state index in [1.54, 1.807) is 11.3 Å². The van der Waals surface area contributed by atoms with Crippen molar-refractivity contribution in [1.29, 1.82) is 0 Å². The van der Waals surface area contributed by atoms with Crippen molar-refractivity contribution < 1.29 is 14.1 Å². The quantitative estimate of drug-likeness (QED) is 0.585. The zero-order valence-corrected chi connectivity index (χ0v) is 20.2. The first-order chi connectivity index (χ1) is 15.9. The molecular formula is C25H30N4O3S. The predicted octanol–water partition coefficient (Wildman–Crippen LogP) is 4.74. The number of hydrogen-bond acceptors (Lipinski definition) is 7. The third kappa shape index (κ3) is 4.96. The molecule has 7 nitrogen and oxygen atoms in total. The average molecular weight is 467 g/mol. The van der Waals surface area contributed by atoms with E-state index in [1.165, 1.54) is 5.56 Å². The Kier molecular flexibility index (Phi) is 5.97. The summed E-state index contributed by atoms with van der Waals surface area (Å²) in [7, 11) is 0. The fourth-order valence-corrected chi connectivity index (χ4v) is 5.41. The molecule has 0 spiro atoms. The lowest BCUT2D eigenvalue weighted by molar-refractivity contribution is -0.127. The van der Waals surface area contributed by atoms with Crippen LogP contribution in [0.1, 0.15) is 56.2 Å². The third-order valence-electron chi connectivity index (χ3n) is 6.47. The number of fused-ring (bicyclic) bond motifs is 1. The largest absolute Gasteiger partial charge is 0.487 e. The van der Waals surface area contributed by atoms with E-state index in [1.807, 2.05) is 23.6 Å². The van der Waals surface area contributed by atoms with Gasteiger partial charge in [-0.25, -0.2) is 0 Å². The van der Waals surface area contributed by atoms with E-state index in [4.69, 9.17) is 9.26 Å². The van der Waals surface area contributed by atoms with Gasteiger partial charge in [-0.1, -0.05) is 28.9 Å². The van der Waals surface area contributed by atoms with Gasteiger partial charge in [-0.2, -0.15) is 4.98 Å². The minimum Gasteiger partial charge on any atom is -0.487 e. The summed E-state index contributed by atoms with van der Waals surface area (Å²) in [6.07, 6.45) is 2.41. The summed E-state index contributed by atoms with van der Waals surface area (Å²) in [4.78, 5) is 21.0. The lowest BCUT2D eigenvalue weighted by atomic mass is 9.88. The monoisotopic (exact) mass is 466 g/mol. The number of carbonyl (C=O) groups excluding carboxylic acids is 1. The van der Waals surface area contributed by atoms with Gasteiger partial charge in [-0.05, 0) is 64.2 Å². The van der Waals surface area contributed by atoms with Crippen molar-refractivity contribution >= 4 is 17.2 Å². The van der Waals surface area contributed by atoms with Gasteiger partial charge in [-0.3, -0.25) is 9.69 Å². The van der Waals surface area contributed by atoms with Crippen LogP contribution in [0, 0.1) is 12.8 Å². The van der Waals surface area contributed by atoms with Gasteiger partial charge in [0.25, 0.3) is 0 Å². The molecule has 1 N–H and O–H groups in total. The summed E-state index contributed by atoms with van der Waals surface area (Å²) in [6.45, 7) is 8.52. The van der Waals surface area contributed by atoms with E-state index in [9.17, 15) is 4.79 Å². The van der Waals surface area contributed by atoms with Crippen LogP contribution in [-0.2, 0) is 11.3 Å². The molecule has 1 amide bonds. The maximum Gasteiger partial charge on any atom is 0.241 e. The number of nitrogens with one attached hydrogen (secondary N) is 1. The van der Waals surface area contributed by atoms with Crippen molar-refractivity contribution in [3.63, 3.8) is 0 Å². The van der Waals surface area contributed by atoms with Crippen LogP contribution < -0.4 is 10.1 Å². The summed E-state index contributed by atoms with van der Waals surface area (Å²) in [5, 5.41) is 9.43. The number of hydrogen-bond donors (Lipinski definition) is 1. The van der Waals surface area contributed by atoms with Crippen LogP contribution in [0.3, 0.4) is 0 Å². The second-order valence-electron chi connectivity index (χ2n) is 9.71. The van der Waals surface area contributed by atoms with Gasteiger partial charge in [-0.15, -0.1) is 11.3 Å². The van der Waals surface area contributed by atoms with Crippen LogP contribution in [-0.4, -0.2) is 39.6 Å². The Bertz CT molecular complexity index is 1120. The van der Waals surface area contributed by atoms with Crippen molar-refractivity contribution in [2.75, 3.05) is 13.1 Å². The number of aryl methyl sites for hydroxylation is 1. The maximum atomic E-state index is 13.2. The number of thiophene rings is 1. The van der Waals surface area contributed by atoms with E-state index in [0.717, 1.165) is 48.5 Å². The Morgan fingerprint density at radius 1 is 1.27 bits per heavy atom. The fourth-order valence-electron chi connectivity index (χ4n) is 4.76. The number of carbonyl (C=O) groups is 1. The normalized spacial score (nSPS) is 20.8. The molecular weight excluding hydrogens is 436 g/mol. The number of nitrogens with zero attached hydrogens (tertiary/aromatic N) is 3. The summed E-state index contributed by atoms with van der Waals surface area (Å²) in [6, 6.07) is 10.2. The summed E-state index contributed by atoms with van der Waals surface area (Å²) in [5.41, 5.74) is 1.95. The Balaban J connectivity index is 1.17. The number of rotatable bonds is 5. The molecule has 0 saturated carbocycles. The molecule has 0 bridgehead atoms. The molecule has 0 aliphatic carbocycles. The van der Waals surface area contributed by atoms with Crippen LogP contribution in [0.15, 0.2) is 40.2 Å². The Morgan fingerprint density at radius 3 is 2.85 bits per heavy atom. The van der Waals surface area contributed by atoms with Crippen molar-refractivity contribution in [2.45, 2.75) is 58.2 Å². The lowest BCUT2D eigenvalue weighted by Gasteiger charge is -2.39. The number of benzene rings is 1. The van der Waals surface area contributed by atoms with Gasteiger partial charge in [0.15, 0.2) is 0 Å². The van der Waals surface area contributed by atoms with Crippen molar-refractivity contribution in [3.8, 4) is 16.5 Å². The zero-order chi connectivity index (χ0) is 23.0. The van der Waals surface area contributed by atoms with Crippen LogP contribution in [0.5, 0.6) is 5.75 Å². The molecule has 1 saturated heterocycles. The van der Waals surface area contributed by atoms with E-state index in [-0.39, 0.29) is 23.5 Å². The first-order valence-electron chi connectivity index (χ1n) is 11.5. The van der Waals surface area contributed by atoms with Crippen LogP contribution in [0.25, 0.3) is 10.7 Å². The highest BCUT2D eigenvalue weighted by molar-refractivity contribution is 7.13. The standard InChI is InChI=1S/C25H30N4O3S/c1-16-6-7-20-18(13-16)19(14-25(2,3)31-20)26-24(30)17-8-10-29(11-9-17)15-22-27-23(28-32-22)21-5-4-12-33-21/h4-7,12-13,17,19H,8-11,14-15H2,1-3H3,(H,26,30). The zero-order valence-electron chi connectivity index (χ0n) is 19.3. The minimum absolute atomic E-state index is 0.0184. The number of amides is 1. The van der Waals surface area contributed by atoms with Gasteiger partial charge in [0.1, 0.15) is 11.4 Å². The highest BCUT2D eigenvalue weighted by Gasteiger charge is 2.36. The molecule has 1 fully saturated rings. The molecule has 1 unspecified atom stereocenters. The molecule has 8 heteroatoms. The smallest absolute Gasteiger partial charge is 0.241 e. The molecule has 0 radical (unpaired) electrons. The summed E-state index contributed by atoms with van der Waals surface area (Å²) in [5.74, 6) is 2.30. The van der Waals surface area contributed by atoms with Crippen molar-refractivity contribution in [3.05, 3.63) is 52.7 Å². The third-order valence-corrected chi connectivity index (χ3v) is 7.33. The van der Waals surface area contributed by atoms with E-state index in [2.05, 4.69) is 53.3 Å². The molecule has 5 rings (SSSR count). The van der Waals surface area contributed by atoms with Gasteiger partial charge in [0, 0.05) is 17.9 Å². The second kappa shape index (κ2) is 8.91. The van der Waals surface area contributed by atoms with Gasteiger partial charge >= 0.3 is 0 Å². The van der Waals surface area contributed by atoms with Crippen molar-refractivity contribution in [1.82, 2.24) is 20.4 Å². The first-order valence-corrected chi connectivity index (χ1v) is 12.4. The van der Waals surface area contributed by atoms with E-state index >= 15 is 0 Å². The number of aromatic nitrogens is 2. The number of piperidine rings is 1. The number of ether oxygens (including phenoxy) is 1. The Morgan fingerprint density at radius 2 is 2.09 bits per heavy atom. The minimum atomic E-state index is -0.310. The van der Waals surface area contributed by atoms with Gasteiger partial charge < -0.3 is 14.6 Å². The molecule has 2 aliphatic rings. The van der Waals surface area contributed by atoms with Gasteiger partial charge in [0.2, 0.25) is 17.6 Å². The van der Waals surface area contributed by atoms with Crippen LogP contribution in [0.4, 0.5) is 0 Å². The highest BCUT2D eigenvalue weighted by Crippen LogP contribution is 2.40. The molecule has 2 aromatic heterocycles. The van der Waals surface area contributed by atoms with E-state index < -0.39 is 0 Å². The first kappa shape index (κ1) is 22.1. The topological polar surface area (TPSA) is 80.5 Å². The highest BCUT2D eigenvalue weighted by atomic mass is 32.1. The molecule has 174 valence electrons. The van der Waals surface area contributed by atoms with Crippen LogP contribution >= 0.6 is 11.3 Å². The molecule has 33 heavy (non-hydrogen) atoms. The summed E-state index contributed by atoms with van der Waals surface area (Å²) < 4.78 is 11.6. The van der Waals surface area contributed by atoms with Crippen LogP contribution in [0.2, 0.25) is 0 Å². The lowest BCUT2D eigenvalue weighted by Crippen LogP contribution is -2.45. The molecule has 1 aromatic carbocycles. The van der Waals surface area contributed by atoms with Crippen molar-refractivity contribution in [2.24, 2.45) is 5.92 Å². The molecule has 4 heterocycles. The number of likely N-dealkylation sites (tertiary alicyclic amines) is 1. The molecule has 2 aliphatic heterocycles. The Hall–Kier alpha value is -2.71. The van der Waals surface area contributed by atoms with E-state index in [0.29, 0.717) is 18.3 Å². The fraction of sp³-hybridized carbons (Fsp3) is 0.480. The maximum absolute atomic E-state index is 13.2.